The van der Waals surface area contributed by atoms with E-state index in [-0.39, 0.29) is 36.8 Å². The topological polar surface area (TPSA) is 171 Å². The van der Waals surface area contributed by atoms with Crippen molar-refractivity contribution in [3.05, 3.63) is 65.7 Å². The summed E-state index contributed by atoms with van der Waals surface area (Å²) in [5.74, 6) is -3.05. The van der Waals surface area contributed by atoms with Crippen LogP contribution in [-0.4, -0.2) is 58.1 Å². The molecule has 0 fully saturated rings. The molecule has 0 saturated carbocycles. The number of amides is 3. The number of carboxylic acid groups (broad SMARTS) is 1. The monoisotopic (exact) mass is 540 g/mol. The Morgan fingerprint density at radius 1 is 0.718 bits per heavy atom. The summed E-state index contributed by atoms with van der Waals surface area (Å²) in [5.41, 5.74) is 7.42. The molecule has 0 aliphatic rings. The lowest BCUT2D eigenvalue weighted by molar-refractivity contribution is -0.142. The Morgan fingerprint density at radius 3 is 1.64 bits per heavy atom. The Bertz CT molecular complexity index is 1100. The number of aromatic hydroxyl groups is 1. The van der Waals surface area contributed by atoms with Crippen LogP contribution < -0.4 is 21.7 Å². The predicted molar refractivity (Wildman–Crippen MR) is 148 cm³/mol. The SMILES string of the molecule is CC(C)CC(NC(=O)C(Cc1ccccc1)NC(=O)C(Cc1ccc(O)cc1)NC(=O)C(N)C(C)C)C(=O)O. The summed E-state index contributed by atoms with van der Waals surface area (Å²) in [4.78, 5) is 51.4. The van der Waals surface area contributed by atoms with Crippen LogP contribution in [0, 0.1) is 11.8 Å². The zero-order chi connectivity index (χ0) is 29.1. The van der Waals surface area contributed by atoms with Crippen molar-refractivity contribution in [2.24, 2.45) is 17.6 Å². The minimum atomic E-state index is -1.16. The second kappa shape index (κ2) is 14.9. The van der Waals surface area contributed by atoms with Crippen molar-refractivity contribution in [3.63, 3.8) is 0 Å². The number of phenols is 1. The number of carbonyl (C=O) groups is 4. The maximum atomic E-state index is 13.5. The molecular formula is C29H40N4O6. The van der Waals surface area contributed by atoms with E-state index >= 15 is 0 Å². The first-order valence-corrected chi connectivity index (χ1v) is 13.1. The van der Waals surface area contributed by atoms with Crippen molar-refractivity contribution >= 4 is 23.7 Å². The molecule has 0 aliphatic carbocycles. The number of aliphatic carboxylic acids is 1. The van der Waals surface area contributed by atoms with Crippen LogP contribution in [0.5, 0.6) is 5.75 Å². The molecule has 0 bridgehead atoms. The molecule has 0 aliphatic heterocycles. The third kappa shape index (κ3) is 10.4. The van der Waals surface area contributed by atoms with Gasteiger partial charge in [0.05, 0.1) is 6.04 Å². The molecule has 7 N–H and O–H groups in total. The van der Waals surface area contributed by atoms with Gasteiger partial charge in [0.15, 0.2) is 0 Å². The van der Waals surface area contributed by atoms with Crippen molar-refractivity contribution in [2.75, 3.05) is 0 Å². The Balaban J connectivity index is 2.32. The highest BCUT2D eigenvalue weighted by Gasteiger charge is 2.31. The van der Waals surface area contributed by atoms with Crippen molar-refractivity contribution in [1.82, 2.24) is 16.0 Å². The number of carbonyl (C=O) groups excluding carboxylic acids is 3. The van der Waals surface area contributed by atoms with E-state index in [4.69, 9.17) is 5.73 Å². The predicted octanol–water partition coefficient (Wildman–Crippen LogP) is 1.75. The molecule has 0 saturated heterocycles. The number of carboxylic acids is 1. The minimum Gasteiger partial charge on any atom is -0.508 e. The van der Waals surface area contributed by atoms with Gasteiger partial charge < -0.3 is 31.9 Å². The maximum absolute atomic E-state index is 13.5. The average molecular weight is 541 g/mol. The van der Waals surface area contributed by atoms with Crippen LogP contribution in [0.4, 0.5) is 0 Å². The van der Waals surface area contributed by atoms with E-state index in [1.807, 2.05) is 19.9 Å². The summed E-state index contributed by atoms with van der Waals surface area (Å²) in [6.07, 6.45) is 0.408. The van der Waals surface area contributed by atoms with Crippen LogP contribution >= 0.6 is 0 Å². The molecule has 0 radical (unpaired) electrons. The van der Waals surface area contributed by atoms with Crippen LogP contribution in [0.2, 0.25) is 0 Å². The van der Waals surface area contributed by atoms with Gasteiger partial charge in [0.25, 0.3) is 0 Å². The summed E-state index contributed by atoms with van der Waals surface area (Å²) in [6, 6.07) is 11.1. The lowest BCUT2D eigenvalue weighted by Gasteiger charge is -2.26. The summed E-state index contributed by atoms with van der Waals surface area (Å²) in [5, 5.41) is 27.2. The highest BCUT2D eigenvalue weighted by molar-refractivity contribution is 5.94. The molecule has 10 nitrogen and oxygen atoms in total. The number of hydrogen-bond acceptors (Lipinski definition) is 6. The van der Waals surface area contributed by atoms with Crippen molar-refractivity contribution in [2.45, 2.75) is 71.1 Å². The second-order valence-electron chi connectivity index (χ2n) is 10.5. The highest BCUT2D eigenvalue weighted by atomic mass is 16.4. The lowest BCUT2D eigenvalue weighted by atomic mass is 10.00. The van der Waals surface area contributed by atoms with Crippen molar-refractivity contribution in [3.8, 4) is 5.75 Å². The summed E-state index contributed by atoms with van der Waals surface area (Å²) in [6.45, 7) is 7.28. The van der Waals surface area contributed by atoms with Gasteiger partial charge in [-0.15, -0.1) is 0 Å². The van der Waals surface area contributed by atoms with E-state index in [2.05, 4.69) is 16.0 Å². The zero-order valence-corrected chi connectivity index (χ0v) is 22.9. The first kappa shape index (κ1) is 31.3. The fourth-order valence-corrected chi connectivity index (χ4v) is 3.94. The Morgan fingerprint density at radius 2 is 1.18 bits per heavy atom. The molecule has 0 spiro atoms. The van der Waals surface area contributed by atoms with Gasteiger partial charge in [-0.05, 0) is 41.5 Å². The fraction of sp³-hybridized carbons (Fsp3) is 0.448. The zero-order valence-electron chi connectivity index (χ0n) is 22.9. The van der Waals surface area contributed by atoms with Crippen LogP contribution in [-0.2, 0) is 32.0 Å². The van der Waals surface area contributed by atoms with Gasteiger partial charge in [-0.2, -0.15) is 0 Å². The van der Waals surface area contributed by atoms with E-state index in [0.717, 1.165) is 5.56 Å². The lowest BCUT2D eigenvalue weighted by Crippen LogP contribution is -2.58. The van der Waals surface area contributed by atoms with Gasteiger partial charge in [-0.3, -0.25) is 14.4 Å². The van der Waals surface area contributed by atoms with Gasteiger partial charge in [0.1, 0.15) is 23.9 Å². The van der Waals surface area contributed by atoms with E-state index in [1.165, 1.54) is 12.1 Å². The van der Waals surface area contributed by atoms with E-state index in [1.54, 1.807) is 50.2 Å². The maximum Gasteiger partial charge on any atom is 0.326 e. The number of nitrogens with two attached hydrogens (primary N) is 1. The first-order chi connectivity index (χ1) is 18.4. The standard InChI is InChI=1S/C29H40N4O6/c1-17(2)14-24(29(38)39)33-27(36)22(15-19-8-6-5-7-9-19)31-26(35)23(32-28(37)25(30)18(3)4)16-20-10-12-21(34)13-11-20/h5-13,17-18,22-25,34H,14-16,30H2,1-4H3,(H,31,35)(H,32,37)(H,33,36)(H,38,39). The molecule has 0 aromatic heterocycles. The molecule has 39 heavy (non-hydrogen) atoms. The van der Waals surface area contributed by atoms with E-state index in [0.29, 0.717) is 5.56 Å². The summed E-state index contributed by atoms with van der Waals surface area (Å²) >= 11 is 0. The van der Waals surface area contributed by atoms with Crippen LogP contribution in [0.25, 0.3) is 0 Å². The quantitative estimate of drug-likeness (QED) is 0.212. The van der Waals surface area contributed by atoms with E-state index in [9.17, 15) is 29.4 Å². The number of phenolic OH excluding ortho intramolecular Hbond substituents is 1. The average Bonchev–Trinajstić information content (AvgIpc) is 2.88. The molecule has 4 atom stereocenters. The number of hydrogen-bond donors (Lipinski definition) is 6. The molecule has 4 unspecified atom stereocenters. The Kier molecular flexibility index (Phi) is 11.9. The van der Waals surface area contributed by atoms with Gasteiger partial charge in [-0.1, -0.05) is 70.2 Å². The van der Waals surface area contributed by atoms with Crippen molar-refractivity contribution < 1.29 is 29.4 Å². The summed E-state index contributed by atoms with van der Waals surface area (Å²) in [7, 11) is 0. The largest absolute Gasteiger partial charge is 0.508 e. The highest BCUT2D eigenvalue weighted by Crippen LogP contribution is 2.13. The molecule has 212 valence electrons. The van der Waals surface area contributed by atoms with Gasteiger partial charge in [0.2, 0.25) is 17.7 Å². The van der Waals surface area contributed by atoms with Gasteiger partial charge >= 0.3 is 5.97 Å². The third-order valence-electron chi connectivity index (χ3n) is 6.27. The Hall–Kier alpha value is -3.92. The summed E-state index contributed by atoms with van der Waals surface area (Å²) < 4.78 is 0. The number of nitrogens with one attached hydrogen (secondary N) is 3. The molecule has 2 aromatic rings. The normalized spacial score (nSPS) is 14.2. The number of benzene rings is 2. The van der Waals surface area contributed by atoms with Gasteiger partial charge in [0, 0.05) is 12.8 Å². The van der Waals surface area contributed by atoms with E-state index < -0.39 is 47.9 Å². The smallest absolute Gasteiger partial charge is 0.326 e. The minimum absolute atomic E-state index is 0.0173. The van der Waals surface area contributed by atoms with Crippen LogP contribution in [0.3, 0.4) is 0 Å². The molecular weight excluding hydrogens is 500 g/mol. The molecule has 0 heterocycles. The van der Waals surface area contributed by atoms with Gasteiger partial charge in [-0.25, -0.2) is 4.79 Å². The molecule has 10 heteroatoms. The van der Waals surface area contributed by atoms with Crippen molar-refractivity contribution in [1.29, 1.82) is 0 Å². The fourth-order valence-electron chi connectivity index (χ4n) is 3.94. The number of rotatable bonds is 14. The van der Waals surface area contributed by atoms with Crippen LogP contribution in [0.1, 0.15) is 45.2 Å². The molecule has 3 amide bonds. The Labute approximate surface area is 229 Å². The van der Waals surface area contributed by atoms with Crippen LogP contribution in [0.15, 0.2) is 54.6 Å². The first-order valence-electron chi connectivity index (χ1n) is 13.1. The second-order valence-corrected chi connectivity index (χ2v) is 10.5. The molecule has 2 aromatic carbocycles. The third-order valence-corrected chi connectivity index (χ3v) is 6.27. The molecule has 2 rings (SSSR count).